The van der Waals surface area contributed by atoms with Gasteiger partial charge in [0.25, 0.3) is 5.91 Å². The zero-order chi connectivity index (χ0) is 19.0. The number of hydrogen-bond donors (Lipinski definition) is 1. The summed E-state index contributed by atoms with van der Waals surface area (Å²) in [5, 5.41) is 2.64. The number of rotatable bonds is 4. The molecule has 140 valence electrons. The van der Waals surface area contributed by atoms with Gasteiger partial charge >= 0.3 is 6.29 Å². The molecule has 1 N–H and O–H groups in total. The summed E-state index contributed by atoms with van der Waals surface area (Å²) in [7, 11) is 0. The highest BCUT2D eigenvalue weighted by Gasteiger charge is 2.43. The Morgan fingerprint density at radius 2 is 1.96 bits per heavy atom. The van der Waals surface area contributed by atoms with Gasteiger partial charge in [-0.05, 0) is 36.2 Å². The molecule has 0 aliphatic carbocycles. The molecule has 0 spiro atoms. The van der Waals surface area contributed by atoms with E-state index < -0.39 is 12.2 Å². The number of nitrogens with zero attached hydrogens (tertiary/aromatic N) is 1. The fourth-order valence-corrected chi connectivity index (χ4v) is 3.13. The van der Waals surface area contributed by atoms with Crippen LogP contribution in [0.25, 0.3) is 0 Å². The van der Waals surface area contributed by atoms with Crippen LogP contribution in [0.1, 0.15) is 28.8 Å². The molecule has 2 amide bonds. The number of likely N-dealkylation sites (tertiary alicyclic amines) is 1. The van der Waals surface area contributed by atoms with Crippen molar-refractivity contribution in [1.82, 2.24) is 4.90 Å². The first kappa shape index (κ1) is 17.3. The second-order valence-corrected chi connectivity index (χ2v) is 6.40. The molecule has 0 bridgehead atoms. The zero-order valence-electron chi connectivity index (χ0n) is 14.2. The van der Waals surface area contributed by atoms with Gasteiger partial charge in [0.05, 0.1) is 0 Å². The van der Waals surface area contributed by atoms with E-state index in [2.05, 4.69) is 14.8 Å². The van der Waals surface area contributed by atoms with E-state index in [1.165, 1.54) is 18.2 Å². The van der Waals surface area contributed by atoms with E-state index in [0.29, 0.717) is 24.2 Å². The van der Waals surface area contributed by atoms with Gasteiger partial charge < -0.3 is 19.7 Å². The average molecular weight is 374 g/mol. The van der Waals surface area contributed by atoms with Crippen LogP contribution < -0.4 is 14.8 Å². The predicted octanol–water partition coefficient (Wildman–Crippen LogP) is 3.38. The molecule has 0 saturated carbocycles. The highest BCUT2D eigenvalue weighted by Crippen LogP contribution is 2.42. The fraction of sp³-hybridized carbons (Fsp3) is 0.263. The molecule has 8 heteroatoms. The summed E-state index contributed by atoms with van der Waals surface area (Å²) in [5.74, 6) is -0.508. The van der Waals surface area contributed by atoms with Crippen molar-refractivity contribution in [1.29, 1.82) is 0 Å². The third-order valence-electron chi connectivity index (χ3n) is 4.39. The largest absolute Gasteiger partial charge is 0.586 e. The Bertz CT molecular complexity index is 916. The average Bonchev–Trinajstić information content (AvgIpc) is 3.16. The van der Waals surface area contributed by atoms with Gasteiger partial charge in [-0.25, -0.2) is 0 Å². The van der Waals surface area contributed by atoms with Crippen molar-refractivity contribution >= 4 is 17.5 Å². The van der Waals surface area contributed by atoms with Crippen LogP contribution in [0.3, 0.4) is 0 Å². The van der Waals surface area contributed by atoms with Gasteiger partial charge in [-0.1, -0.05) is 12.1 Å². The molecule has 2 aromatic rings. The van der Waals surface area contributed by atoms with Gasteiger partial charge in [-0.2, -0.15) is 0 Å². The highest BCUT2D eigenvalue weighted by atomic mass is 19.3. The number of hydrogen-bond acceptors (Lipinski definition) is 4. The van der Waals surface area contributed by atoms with Gasteiger partial charge in [-0.15, -0.1) is 8.78 Å². The molecule has 1 saturated heterocycles. The summed E-state index contributed by atoms with van der Waals surface area (Å²) in [6.07, 6.45) is -2.29. The molecule has 2 aromatic carbocycles. The number of nitrogens with one attached hydrogen (secondary N) is 1. The lowest BCUT2D eigenvalue weighted by Gasteiger charge is -2.16. The standard InChI is InChI=1S/C19H16F2N2O4/c20-19(21)26-15-7-6-14(10-16(15)27-19)22-18(25)13-4-1-3-12(9-13)11-23-8-2-5-17(23)24/h1,3-4,6-7,9-10H,2,5,8,11H2,(H,22,25). The number of fused-ring (bicyclic) bond motifs is 1. The summed E-state index contributed by atoms with van der Waals surface area (Å²) >= 11 is 0. The Hall–Kier alpha value is -3.16. The number of carbonyl (C=O) groups is 2. The molecule has 1 fully saturated rings. The molecular weight excluding hydrogens is 358 g/mol. The van der Waals surface area contributed by atoms with Crippen molar-refractivity contribution in [3.05, 3.63) is 53.6 Å². The van der Waals surface area contributed by atoms with Crippen LogP contribution in [-0.2, 0) is 11.3 Å². The van der Waals surface area contributed by atoms with Gasteiger partial charge in [0.1, 0.15) is 0 Å². The summed E-state index contributed by atoms with van der Waals surface area (Å²) in [6, 6.07) is 11.0. The molecule has 0 atom stereocenters. The molecule has 2 heterocycles. The van der Waals surface area contributed by atoms with Crippen LogP contribution in [0.15, 0.2) is 42.5 Å². The maximum Gasteiger partial charge on any atom is 0.586 e. The molecule has 6 nitrogen and oxygen atoms in total. The maximum atomic E-state index is 13.1. The predicted molar refractivity (Wildman–Crippen MR) is 91.7 cm³/mol. The molecule has 2 aliphatic heterocycles. The normalized spacial score (nSPS) is 17.3. The summed E-state index contributed by atoms with van der Waals surface area (Å²) < 4.78 is 34.9. The van der Waals surface area contributed by atoms with E-state index in [0.717, 1.165) is 18.5 Å². The smallest absolute Gasteiger partial charge is 0.395 e. The van der Waals surface area contributed by atoms with Crippen molar-refractivity contribution in [2.24, 2.45) is 0 Å². The van der Waals surface area contributed by atoms with Gasteiger partial charge in [-0.3, -0.25) is 9.59 Å². The Morgan fingerprint density at radius 3 is 2.74 bits per heavy atom. The quantitative estimate of drug-likeness (QED) is 0.891. The van der Waals surface area contributed by atoms with Crippen molar-refractivity contribution in [2.45, 2.75) is 25.7 Å². The van der Waals surface area contributed by atoms with E-state index in [4.69, 9.17) is 0 Å². The molecule has 27 heavy (non-hydrogen) atoms. The Kier molecular flexibility index (Phi) is 4.18. The third kappa shape index (κ3) is 3.69. The van der Waals surface area contributed by atoms with Crippen molar-refractivity contribution in [2.75, 3.05) is 11.9 Å². The van der Waals surface area contributed by atoms with E-state index in [-0.39, 0.29) is 17.4 Å². The molecule has 4 rings (SSSR count). The first-order valence-electron chi connectivity index (χ1n) is 8.48. The van der Waals surface area contributed by atoms with E-state index in [9.17, 15) is 18.4 Å². The van der Waals surface area contributed by atoms with Crippen molar-refractivity contribution in [3.8, 4) is 11.5 Å². The van der Waals surface area contributed by atoms with E-state index >= 15 is 0 Å². The number of amides is 2. The highest BCUT2D eigenvalue weighted by molar-refractivity contribution is 6.04. The Balaban J connectivity index is 1.46. The Labute approximate surface area is 153 Å². The number of alkyl halides is 2. The minimum absolute atomic E-state index is 0.0877. The molecular formula is C19H16F2N2O4. The van der Waals surface area contributed by atoms with Gasteiger partial charge in [0, 0.05) is 36.8 Å². The van der Waals surface area contributed by atoms with Crippen LogP contribution in [-0.4, -0.2) is 29.6 Å². The third-order valence-corrected chi connectivity index (χ3v) is 4.39. The van der Waals surface area contributed by atoms with Crippen LogP contribution in [0.2, 0.25) is 0 Å². The summed E-state index contributed by atoms with van der Waals surface area (Å²) in [6.45, 7) is 1.18. The molecule has 2 aliphatic rings. The molecule has 0 radical (unpaired) electrons. The number of carbonyl (C=O) groups excluding carboxylic acids is 2. The number of halogens is 2. The lowest BCUT2D eigenvalue weighted by atomic mass is 10.1. The summed E-state index contributed by atoms with van der Waals surface area (Å²) in [5.41, 5.74) is 1.56. The van der Waals surface area contributed by atoms with Gasteiger partial charge in [0.2, 0.25) is 5.91 Å². The SMILES string of the molecule is O=C(Nc1ccc2c(c1)OC(F)(F)O2)c1cccc(CN2CCCC2=O)c1. The number of ether oxygens (including phenoxy) is 2. The topological polar surface area (TPSA) is 67.9 Å². The minimum Gasteiger partial charge on any atom is -0.395 e. The van der Waals surface area contributed by atoms with Crippen molar-refractivity contribution in [3.63, 3.8) is 0 Å². The first-order chi connectivity index (χ1) is 12.9. The maximum absolute atomic E-state index is 13.1. The molecule has 0 aromatic heterocycles. The second-order valence-electron chi connectivity index (χ2n) is 6.40. The van der Waals surface area contributed by atoms with E-state index in [1.54, 1.807) is 23.1 Å². The van der Waals surface area contributed by atoms with Gasteiger partial charge in [0.15, 0.2) is 11.5 Å². The van der Waals surface area contributed by atoms with Crippen LogP contribution in [0.4, 0.5) is 14.5 Å². The lowest BCUT2D eigenvalue weighted by Crippen LogP contribution is -2.25. The Morgan fingerprint density at radius 1 is 1.15 bits per heavy atom. The number of anilines is 1. The first-order valence-corrected chi connectivity index (χ1v) is 8.48. The minimum atomic E-state index is -3.70. The van der Waals surface area contributed by atoms with Crippen LogP contribution in [0.5, 0.6) is 11.5 Å². The van der Waals surface area contributed by atoms with Crippen molar-refractivity contribution < 1.29 is 27.8 Å². The zero-order valence-corrected chi connectivity index (χ0v) is 14.2. The van der Waals surface area contributed by atoms with Crippen LogP contribution >= 0.6 is 0 Å². The van der Waals surface area contributed by atoms with Crippen LogP contribution in [0, 0.1) is 0 Å². The second kappa shape index (κ2) is 6.53. The van der Waals surface area contributed by atoms with E-state index in [1.807, 2.05) is 6.07 Å². The fourth-order valence-electron chi connectivity index (χ4n) is 3.13. The number of benzene rings is 2. The monoisotopic (exact) mass is 374 g/mol. The lowest BCUT2D eigenvalue weighted by molar-refractivity contribution is -0.286. The summed E-state index contributed by atoms with van der Waals surface area (Å²) in [4.78, 5) is 26.0. The molecule has 0 unspecified atom stereocenters.